The molecule has 1 aromatic carbocycles. The number of hydrogen-bond donors (Lipinski definition) is 2. The highest BCUT2D eigenvalue weighted by molar-refractivity contribution is 5.92. The third-order valence-corrected chi connectivity index (χ3v) is 3.49. The van der Waals surface area contributed by atoms with Gasteiger partial charge >= 0.3 is 0 Å². The zero-order valence-electron chi connectivity index (χ0n) is 12.5. The largest absolute Gasteiger partial charge is 0.384 e. The van der Waals surface area contributed by atoms with Gasteiger partial charge in [0.2, 0.25) is 0 Å². The van der Waals surface area contributed by atoms with Crippen molar-refractivity contribution in [2.75, 3.05) is 12.8 Å². The molecule has 0 aliphatic rings. The molecule has 3 rings (SSSR count). The summed E-state index contributed by atoms with van der Waals surface area (Å²) in [5.41, 5.74) is 11.8. The van der Waals surface area contributed by atoms with Crippen molar-refractivity contribution in [3.8, 4) is 22.6 Å². The molecule has 5 heteroatoms. The van der Waals surface area contributed by atoms with Crippen molar-refractivity contribution in [3.05, 3.63) is 53.9 Å². The van der Waals surface area contributed by atoms with Gasteiger partial charge in [0.05, 0.1) is 17.1 Å². The standard InChI is InChI=1S/C17H17N5/c1-11-5-3-4-6-13(11)17-12(9-19-2)7-15(22-17)14-8-16(18)21-10-20-14/h3-10,22H,1-2H3,(H2,18,20,21). The molecule has 0 atom stereocenters. The fourth-order valence-electron chi connectivity index (χ4n) is 2.45. The lowest BCUT2D eigenvalue weighted by molar-refractivity contribution is 1.17. The van der Waals surface area contributed by atoms with Crippen LogP contribution in [-0.4, -0.2) is 28.2 Å². The summed E-state index contributed by atoms with van der Waals surface area (Å²) >= 11 is 0. The summed E-state index contributed by atoms with van der Waals surface area (Å²) in [5, 5.41) is 0. The number of nitrogens with zero attached hydrogens (tertiary/aromatic N) is 3. The minimum absolute atomic E-state index is 0.447. The van der Waals surface area contributed by atoms with E-state index in [1.54, 1.807) is 13.1 Å². The van der Waals surface area contributed by atoms with Gasteiger partial charge in [-0.15, -0.1) is 0 Å². The van der Waals surface area contributed by atoms with E-state index in [1.165, 1.54) is 11.9 Å². The fraction of sp³-hybridized carbons (Fsp3) is 0.118. The summed E-state index contributed by atoms with van der Waals surface area (Å²) < 4.78 is 0. The molecule has 0 fully saturated rings. The van der Waals surface area contributed by atoms with Crippen LogP contribution in [0.15, 0.2) is 47.7 Å². The van der Waals surface area contributed by atoms with Gasteiger partial charge in [-0.2, -0.15) is 0 Å². The van der Waals surface area contributed by atoms with Crippen LogP contribution >= 0.6 is 0 Å². The van der Waals surface area contributed by atoms with Gasteiger partial charge in [-0.05, 0) is 18.6 Å². The third-order valence-electron chi connectivity index (χ3n) is 3.49. The maximum Gasteiger partial charge on any atom is 0.127 e. The molecule has 5 nitrogen and oxygen atoms in total. The van der Waals surface area contributed by atoms with Gasteiger partial charge < -0.3 is 10.7 Å². The Morgan fingerprint density at radius 3 is 2.73 bits per heavy atom. The molecule has 0 aliphatic heterocycles. The molecule has 3 aromatic rings. The molecule has 2 aromatic heterocycles. The van der Waals surface area contributed by atoms with Gasteiger partial charge in [0.1, 0.15) is 12.1 Å². The predicted octanol–water partition coefficient (Wildman–Crippen LogP) is 3.08. The lowest BCUT2D eigenvalue weighted by Crippen LogP contribution is -1.92. The minimum atomic E-state index is 0.447. The van der Waals surface area contributed by atoms with Crippen LogP contribution in [0, 0.1) is 6.92 Å². The second kappa shape index (κ2) is 5.81. The minimum Gasteiger partial charge on any atom is -0.384 e. The number of anilines is 1. The average Bonchev–Trinajstić information content (AvgIpc) is 2.92. The maximum atomic E-state index is 5.74. The summed E-state index contributed by atoms with van der Waals surface area (Å²) in [6.07, 6.45) is 3.30. The molecule has 0 unspecified atom stereocenters. The first kappa shape index (κ1) is 14.0. The maximum absolute atomic E-state index is 5.74. The molecule has 0 aliphatic carbocycles. The quantitative estimate of drug-likeness (QED) is 0.728. The zero-order valence-corrected chi connectivity index (χ0v) is 12.5. The number of nitrogens with two attached hydrogens (primary N) is 1. The number of nitrogen functional groups attached to an aromatic ring is 1. The Kier molecular flexibility index (Phi) is 3.70. The van der Waals surface area contributed by atoms with Crippen molar-refractivity contribution in [2.24, 2.45) is 4.99 Å². The molecule has 0 radical (unpaired) electrons. The first-order valence-corrected chi connectivity index (χ1v) is 6.98. The first-order chi connectivity index (χ1) is 10.7. The lowest BCUT2D eigenvalue weighted by Gasteiger charge is -2.05. The van der Waals surface area contributed by atoms with Gasteiger partial charge in [-0.1, -0.05) is 24.3 Å². The van der Waals surface area contributed by atoms with Crippen LogP contribution in [-0.2, 0) is 0 Å². The Bertz CT molecular complexity index is 833. The highest BCUT2D eigenvalue weighted by Gasteiger charge is 2.12. The smallest absolute Gasteiger partial charge is 0.127 e. The number of rotatable bonds is 3. The van der Waals surface area contributed by atoms with Crippen molar-refractivity contribution < 1.29 is 0 Å². The molecule has 0 spiro atoms. The molecular weight excluding hydrogens is 274 g/mol. The van der Waals surface area contributed by atoms with Gasteiger partial charge in [0.15, 0.2) is 0 Å². The number of H-pyrrole nitrogens is 1. The Morgan fingerprint density at radius 1 is 1.18 bits per heavy atom. The van der Waals surface area contributed by atoms with Gasteiger partial charge in [-0.25, -0.2) is 9.97 Å². The van der Waals surface area contributed by atoms with Gasteiger partial charge in [-0.3, -0.25) is 4.99 Å². The number of aromatic amines is 1. The summed E-state index contributed by atoms with van der Waals surface area (Å²) in [6.45, 7) is 2.09. The lowest BCUT2D eigenvalue weighted by atomic mass is 10.0. The predicted molar refractivity (Wildman–Crippen MR) is 89.9 cm³/mol. The van der Waals surface area contributed by atoms with E-state index in [1.807, 2.05) is 24.4 Å². The van der Waals surface area contributed by atoms with E-state index >= 15 is 0 Å². The highest BCUT2D eigenvalue weighted by atomic mass is 14.9. The zero-order chi connectivity index (χ0) is 15.5. The van der Waals surface area contributed by atoms with Crippen LogP contribution in [0.1, 0.15) is 11.1 Å². The van der Waals surface area contributed by atoms with Crippen molar-refractivity contribution in [1.82, 2.24) is 15.0 Å². The van der Waals surface area contributed by atoms with E-state index in [2.05, 4.69) is 39.0 Å². The van der Waals surface area contributed by atoms with Crippen LogP contribution in [0.4, 0.5) is 5.82 Å². The van der Waals surface area contributed by atoms with Crippen molar-refractivity contribution in [2.45, 2.75) is 6.92 Å². The number of benzene rings is 1. The summed E-state index contributed by atoms with van der Waals surface area (Å²) in [5.74, 6) is 0.447. The number of aliphatic imine (C=N–C) groups is 1. The Balaban J connectivity index is 2.17. The molecule has 0 saturated carbocycles. The fourth-order valence-corrected chi connectivity index (χ4v) is 2.45. The molecule has 22 heavy (non-hydrogen) atoms. The van der Waals surface area contributed by atoms with Crippen molar-refractivity contribution >= 4 is 12.0 Å². The topological polar surface area (TPSA) is 79.9 Å². The number of hydrogen-bond acceptors (Lipinski definition) is 4. The molecule has 0 saturated heterocycles. The van der Waals surface area contributed by atoms with Crippen LogP contribution < -0.4 is 5.73 Å². The molecule has 3 N–H and O–H groups in total. The van der Waals surface area contributed by atoms with E-state index < -0.39 is 0 Å². The van der Waals surface area contributed by atoms with Crippen LogP contribution in [0.2, 0.25) is 0 Å². The summed E-state index contributed by atoms with van der Waals surface area (Å²) in [6, 6.07) is 12.0. The van der Waals surface area contributed by atoms with Crippen LogP contribution in [0.3, 0.4) is 0 Å². The Labute approximate surface area is 129 Å². The van der Waals surface area contributed by atoms with E-state index in [0.717, 1.165) is 28.2 Å². The molecule has 0 amide bonds. The number of aryl methyl sites for hydroxylation is 1. The molecular formula is C17H17N5. The average molecular weight is 291 g/mol. The monoisotopic (exact) mass is 291 g/mol. The van der Waals surface area contributed by atoms with Crippen molar-refractivity contribution in [1.29, 1.82) is 0 Å². The van der Waals surface area contributed by atoms with Crippen molar-refractivity contribution in [3.63, 3.8) is 0 Å². The first-order valence-electron chi connectivity index (χ1n) is 6.98. The third kappa shape index (κ3) is 2.61. The molecule has 0 bridgehead atoms. The van der Waals surface area contributed by atoms with Gasteiger partial charge in [0, 0.05) is 30.5 Å². The van der Waals surface area contributed by atoms with E-state index in [0.29, 0.717) is 5.82 Å². The number of nitrogens with one attached hydrogen (secondary N) is 1. The second-order valence-corrected chi connectivity index (χ2v) is 5.04. The van der Waals surface area contributed by atoms with Crippen LogP contribution in [0.25, 0.3) is 22.6 Å². The summed E-state index contributed by atoms with van der Waals surface area (Å²) in [4.78, 5) is 15.8. The second-order valence-electron chi connectivity index (χ2n) is 5.04. The normalized spacial score (nSPS) is 11.2. The Hall–Kier alpha value is -2.95. The SMILES string of the molecule is CN=Cc1cc(-c2cc(N)ncn2)[nH]c1-c1ccccc1C. The molecule has 110 valence electrons. The van der Waals surface area contributed by atoms with E-state index in [9.17, 15) is 0 Å². The highest BCUT2D eigenvalue weighted by Crippen LogP contribution is 2.29. The Morgan fingerprint density at radius 2 is 2.00 bits per heavy atom. The van der Waals surface area contributed by atoms with Crippen LogP contribution in [0.5, 0.6) is 0 Å². The van der Waals surface area contributed by atoms with Gasteiger partial charge in [0.25, 0.3) is 0 Å². The molecule has 2 heterocycles. The summed E-state index contributed by atoms with van der Waals surface area (Å²) in [7, 11) is 1.76. The van der Waals surface area contributed by atoms with E-state index in [-0.39, 0.29) is 0 Å². The number of aromatic nitrogens is 3. The van der Waals surface area contributed by atoms with E-state index in [4.69, 9.17) is 5.73 Å².